The predicted octanol–water partition coefficient (Wildman–Crippen LogP) is 2.77. The third-order valence-electron chi connectivity index (χ3n) is 2.69. The van der Waals surface area contributed by atoms with Crippen molar-refractivity contribution in [2.75, 3.05) is 5.32 Å². The molecule has 0 aliphatic rings. The summed E-state index contributed by atoms with van der Waals surface area (Å²) in [6, 6.07) is 10.7. The Hall–Kier alpha value is -2.14. The van der Waals surface area contributed by atoms with Crippen LogP contribution in [-0.2, 0) is 4.79 Å². The summed E-state index contributed by atoms with van der Waals surface area (Å²) in [4.78, 5) is 11.2. The topological polar surface area (TPSA) is 61.4 Å². The van der Waals surface area contributed by atoms with E-state index in [1.165, 1.54) is 0 Å². The van der Waals surface area contributed by atoms with E-state index in [1.807, 2.05) is 18.2 Å². The van der Waals surface area contributed by atoms with Crippen molar-refractivity contribution in [3.8, 4) is 5.75 Å². The molecule has 0 spiro atoms. The van der Waals surface area contributed by atoms with E-state index in [9.17, 15) is 9.90 Å². The SMILES string of the molecule is CCC(=O)NC(=S)Nc1cccc2cc(O)ccc12. The molecule has 0 unspecified atom stereocenters. The molecule has 0 aliphatic heterocycles. The van der Waals surface area contributed by atoms with Crippen LogP contribution in [0.3, 0.4) is 0 Å². The minimum atomic E-state index is -0.129. The summed E-state index contributed by atoms with van der Waals surface area (Å²) in [6.07, 6.45) is 0.380. The predicted molar refractivity (Wildman–Crippen MR) is 80.3 cm³/mol. The molecule has 0 aliphatic carbocycles. The monoisotopic (exact) mass is 274 g/mol. The molecule has 0 fully saturated rings. The lowest BCUT2D eigenvalue weighted by atomic mass is 10.1. The van der Waals surface area contributed by atoms with Crippen molar-refractivity contribution in [1.29, 1.82) is 0 Å². The first-order chi connectivity index (χ1) is 9.10. The van der Waals surface area contributed by atoms with Crippen molar-refractivity contribution in [1.82, 2.24) is 5.32 Å². The number of rotatable bonds is 2. The Morgan fingerprint density at radius 1 is 1.32 bits per heavy atom. The summed E-state index contributed by atoms with van der Waals surface area (Å²) >= 11 is 5.07. The highest BCUT2D eigenvalue weighted by molar-refractivity contribution is 7.80. The summed E-state index contributed by atoms with van der Waals surface area (Å²) in [5, 5.41) is 17.1. The molecule has 0 radical (unpaired) electrons. The van der Waals surface area contributed by atoms with E-state index in [0.29, 0.717) is 6.42 Å². The van der Waals surface area contributed by atoms with Gasteiger partial charge in [0.25, 0.3) is 0 Å². The fourth-order valence-corrected chi connectivity index (χ4v) is 1.97. The number of hydrogen-bond donors (Lipinski definition) is 3. The lowest BCUT2D eigenvalue weighted by Gasteiger charge is -2.11. The highest BCUT2D eigenvalue weighted by Crippen LogP contribution is 2.26. The maximum absolute atomic E-state index is 11.2. The Morgan fingerprint density at radius 3 is 2.84 bits per heavy atom. The van der Waals surface area contributed by atoms with Crippen LogP contribution in [0.1, 0.15) is 13.3 Å². The Labute approximate surface area is 116 Å². The molecule has 2 aromatic rings. The molecule has 0 saturated carbocycles. The molecule has 2 rings (SSSR count). The van der Waals surface area contributed by atoms with E-state index in [4.69, 9.17) is 12.2 Å². The number of hydrogen-bond acceptors (Lipinski definition) is 3. The molecular weight excluding hydrogens is 260 g/mol. The zero-order chi connectivity index (χ0) is 13.8. The van der Waals surface area contributed by atoms with Gasteiger partial charge in [-0.1, -0.05) is 19.1 Å². The number of benzene rings is 2. The van der Waals surface area contributed by atoms with E-state index < -0.39 is 0 Å². The normalized spacial score (nSPS) is 10.2. The van der Waals surface area contributed by atoms with Gasteiger partial charge >= 0.3 is 0 Å². The fraction of sp³-hybridized carbons (Fsp3) is 0.143. The maximum atomic E-state index is 11.2. The molecule has 5 heteroatoms. The molecule has 0 atom stereocenters. The number of phenolic OH excluding ortho intramolecular Hbond substituents is 1. The molecule has 3 N–H and O–H groups in total. The van der Waals surface area contributed by atoms with Gasteiger partial charge in [-0.3, -0.25) is 4.79 Å². The van der Waals surface area contributed by atoms with Crippen LogP contribution < -0.4 is 10.6 Å². The van der Waals surface area contributed by atoms with Gasteiger partial charge in [0.2, 0.25) is 5.91 Å². The smallest absolute Gasteiger partial charge is 0.225 e. The molecule has 2 aromatic carbocycles. The highest BCUT2D eigenvalue weighted by Gasteiger charge is 2.05. The number of thiocarbonyl (C=S) groups is 1. The number of fused-ring (bicyclic) bond motifs is 1. The van der Waals surface area contributed by atoms with Crippen molar-refractivity contribution in [2.45, 2.75) is 13.3 Å². The van der Waals surface area contributed by atoms with Crippen LogP contribution in [0.5, 0.6) is 5.75 Å². The molecular formula is C14H14N2O2S. The fourth-order valence-electron chi connectivity index (χ4n) is 1.75. The van der Waals surface area contributed by atoms with E-state index in [1.54, 1.807) is 25.1 Å². The summed E-state index contributed by atoms with van der Waals surface area (Å²) in [6.45, 7) is 1.76. The Balaban J connectivity index is 2.26. The van der Waals surface area contributed by atoms with E-state index in [0.717, 1.165) is 16.5 Å². The van der Waals surface area contributed by atoms with Gasteiger partial charge in [0.1, 0.15) is 5.75 Å². The van der Waals surface area contributed by atoms with Crippen LogP contribution in [0.2, 0.25) is 0 Å². The first kappa shape index (κ1) is 13.3. The van der Waals surface area contributed by atoms with Crippen molar-refractivity contribution in [3.05, 3.63) is 36.4 Å². The number of phenols is 1. The lowest BCUT2D eigenvalue weighted by Crippen LogP contribution is -2.33. The second-order valence-electron chi connectivity index (χ2n) is 4.07. The molecule has 0 saturated heterocycles. The number of nitrogens with one attached hydrogen (secondary N) is 2. The third kappa shape index (κ3) is 3.20. The average molecular weight is 274 g/mol. The first-order valence-corrected chi connectivity index (χ1v) is 6.33. The highest BCUT2D eigenvalue weighted by atomic mass is 32.1. The van der Waals surface area contributed by atoms with Crippen LogP contribution in [0.25, 0.3) is 10.8 Å². The van der Waals surface area contributed by atoms with Crippen molar-refractivity contribution in [3.63, 3.8) is 0 Å². The molecule has 0 bridgehead atoms. The summed E-state index contributed by atoms with van der Waals surface area (Å²) in [7, 11) is 0. The first-order valence-electron chi connectivity index (χ1n) is 5.92. The quantitative estimate of drug-likeness (QED) is 0.737. The van der Waals surface area contributed by atoms with Crippen LogP contribution in [0.4, 0.5) is 5.69 Å². The summed E-state index contributed by atoms with van der Waals surface area (Å²) in [5.41, 5.74) is 0.791. The largest absolute Gasteiger partial charge is 0.508 e. The van der Waals surface area contributed by atoms with Crippen LogP contribution in [0, 0.1) is 0 Å². The second kappa shape index (κ2) is 5.67. The standard InChI is InChI=1S/C14H14N2O2S/c1-2-13(18)16-14(19)15-12-5-3-4-9-8-10(17)6-7-11(9)12/h3-8,17H,2H2,1H3,(H2,15,16,18,19). The Bertz CT molecular complexity index is 640. The van der Waals surface area contributed by atoms with Gasteiger partial charge in [0.15, 0.2) is 5.11 Å². The van der Waals surface area contributed by atoms with Crippen LogP contribution in [-0.4, -0.2) is 16.1 Å². The van der Waals surface area contributed by atoms with Gasteiger partial charge < -0.3 is 15.7 Å². The van der Waals surface area contributed by atoms with Gasteiger partial charge in [0, 0.05) is 17.5 Å². The minimum Gasteiger partial charge on any atom is -0.508 e. The summed E-state index contributed by atoms with van der Waals surface area (Å²) < 4.78 is 0. The van der Waals surface area contributed by atoms with Gasteiger partial charge in [-0.2, -0.15) is 0 Å². The van der Waals surface area contributed by atoms with E-state index in [-0.39, 0.29) is 16.8 Å². The number of carbonyl (C=O) groups excluding carboxylic acids is 1. The van der Waals surface area contributed by atoms with Gasteiger partial charge in [0.05, 0.1) is 0 Å². The molecule has 4 nitrogen and oxygen atoms in total. The Morgan fingerprint density at radius 2 is 2.11 bits per heavy atom. The second-order valence-corrected chi connectivity index (χ2v) is 4.48. The number of amides is 1. The van der Waals surface area contributed by atoms with Gasteiger partial charge in [-0.05, 0) is 41.9 Å². The zero-order valence-corrected chi connectivity index (χ0v) is 11.3. The Kier molecular flexibility index (Phi) is 3.97. The van der Waals surface area contributed by atoms with Crippen molar-refractivity contribution >= 4 is 39.7 Å². The molecule has 1 amide bonds. The third-order valence-corrected chi connectivity index (χ3v) is 2.89. The lowest BCUT2D eigenvalue weighted by molar-refractivity contribution is -0.119. The maximum Gasteiger partial charge on any atom is 0.225 e. The molecule has 0 aromatic heterocycles. The van der Waals surface area contributed by atoms with Gasteiger partial charge in [-0.15, -0.1) is 0 Å². The number of carbonyl (C=O) groups is 1. The van der Waals surface area contributed by atoms with Gasteiger partial charge in [-0.25, -0.2) is 0 Å². The molecule has 19 heavy (non-hydrogen) atoms. The van der Waals surface area contributed by atoms with Crippen LogP contribution >= 0.6 is 12.2 Å². The number of aromatic hydroxyl groups is 1. The average Bonchev–Trinajstić information content (AvgIpc) is 2.38. The van der Waals surface area contributed by atoms with Crippen molar-refractivity contribution < 1.29 is 9.90 Å². The van der Waals surface area contributed by atoms with Crippen LogP contribution in [0.15, 0.2) is 36.4 Å². The number of anilines is 1. The summed E-state index contributed by atoms with van der Waals surface area (Å²) in [5.74, 6) is 0.0851. The minimum absolute atomic E-state index is 0.129. The van der Waals surface area contributed by atoms with Crippen molar-refractivity contribution in [2.24, 2.45) is 0 Å². The molecule has 98 valence electrons. The zero-order valence-electron chi connectivity index (χ0n) is 10.4. The van der Waals surface area contributed by atoms with E-state index in [2.05, 4.69) is 10.6 Å². The van der Waals surface area contributed by atoms with E-state index >= 15 is 0 Å². The molecule has 0 heterocycles.